The summed E-state index contributed by atoms with van der Waals surface area (Å²) in [6.45, 7) is 4.50. The molecule has 0 unspecified atom stereocenters. The van der Waals surface area contributed by atoms with Gasteiger partial charge in [0.2, 0.25) is 5.91 Å². The molecule has 0 aliphatic carbocycles. The fraction of sp³-hybridized carbons (Fsp3) is 0.350. The predicted octanol–water partition coefficient (Wildman–Crippen LogP) is 3.79. The number of carbonyl (C=O) groups excluding carboxylic acids is 1. The third-order valence-electron chi connectivity index (χ3n) is 4.54. The lowest BCUT2D eigenvalue weighted by atomic mass is 10.2. The maximum absolute atomic E-state index is 12.6. The van der Waals surface area contributed by atoms with Crippen LogP contribution in [0, 0.1) is 0 Å². The minimum Gasteiger partial charge on any atom is -0.486 e. The zero-order valence-electron chi connectivity index (χ0n) is 14.7. The molecule has 1 amide bonds. The lowest BCUT2D eigenvalue weighted by molar-refractivity contribution is -0.115. The molecule has 0 radical (unpaired) electrons. The molecule has 0 saturated heterocycles. The maximum atomic E-state index is 12.6. The number of thioether (sulfide) groups is 1. The first-order valence-electron chi connectivity index (χ1n) is 8.93. The molecule has 26 heavy (non-hydrogen) atoms. The summed E-state index contributed by atoms with van der Waals surface area (Å²) in [7, 11) is 0. The quantitative estimate of drug-likeness (QED) is 0.887. The molecule has 136 valence electrons. The van der Waals surface area contributed by atoms with Gasteiger partial charge < -0.3 is 19.7 Å². The van der Waals surface area contributed by atoms with Crippen LogP contribution in [-0.2, 0) is 4.79 Å². The van der Waals surface area contributed by atoms with Crippen LogP contribution in [-0.4, -0.2) is 37.5 Å². The van der Waals surface area contributed by atoms with E-state index < -0.39 is 0 Å². The van der Waals surface area contributed by atoms with Crippen molar-refractivity contribution in [1.29, 1.82) is 0 Å². The average Bonchev–Trinajstić information content (AvgIpc) is 2.67. The molecule has 2 aliphatic heterocycles. The number of hydrogen-bond acceptors (Lipinski definition) is 5. The number of fused-ring (bicyclic) bond motifs is 2. The lowest BCUT2D eigenvalue weighted by Gasteiger charge is -2.34. The van der Waals surface area contributed by atoms with Crippen LogP contribution in [0.4, 0.5) is 11.4 Å². The average molecular weight is 370 g/mol. The Balaban J connectivity index is 1.46. The van der Waals surface area contributed by atoms with E-state index in [-0.39, 0.29) is 5.91 Å². The Labute approximate surface area is 157 Å². The molecule has 0 bridgehead atoms. The largest absolute Gasteiger partial charge is 0.486 e. The smallest absolute Gasteiger partial charge is 0.243 e. The van der Waals surface area contributed by atoms with Gasteiger partial charge in [0, 0.05) is 28.4 Å². The highest BCUT2D eigenvalue weighted by Crippen LogP contribution is 2.39. The summed E-state index contributed by atoms with van der Waals surface area (Å²) in [5, 5.41) is 3.49. The van der Waals surface area contributed by atoms with Crippen molar-refractivity contribution in [3.05, 3.63) is 42.5 Å². The second-order valence-corrected chi connectivity index (χ2v) is 7.75. The van der Waals surface area contributed by atoms with E-state index in [4.69, 9.17) is 9.47 Å². The summed E-state index contributed by atoms with van der Waals surface area (Å²) >= 11 is 1.90. The molecule has 5 nitrogen and oxygen atoms in total. The maximum Gasteiger partial charge on any atom is 0.243 e. The number of hydrogen-bond donors (Lipinski definition) is 1. The van der Waals surface area contributed by atoms with Crippen LogP contribution >= 0.6 is 11.8 Å². The van der Waals surface area contributed by atoms with Gasteiger partial charge in [-0.2, -0.15) is 0 Å². The Morgan fingerprint density at radius 1 is 1.19 bits per heavy atom. The summed E-state index contributed by atoms with van der Waals surface area (Å²) in [6.07, 6.45) is 1.08. The van der Waals surface area contributed by atoms with Crippen LogP contribution in [0.5, 0.6) is 11.5 Å². The zero-order valence-corrected chi connectivity index (χ0v) is 15.6. The van der Waals surface area contributed by atoms with Crippen LogP contribution in [0.15, 0.2) is 47.4 Å². The highest BCUT2D eigenvalue weighted by Gasteiger charge is 2.25. The fourth-order valence-electron chi connectivity index (χ4n) is 3.24. The van der Waals surface area contributed by atoms with E-state index in [2.05, 4.69) is 35.3 Å². The van der Waals surface area contributed by atoms with E-state index in [1.54, 1.807) is 0 Å². The van der Waals surface area contributed by atoms with Crippen LogP contribution in [0.2, 0.25) is 0 Å². The van der Waals surface area contributed by atoms with E-state index in [0.717, 1.165) is 30.1 Å². The molecule has 2 aromatic rings. The first kappa shape index (κ1) is 17.1. The molecular formula is C20H22N2O3S. The van der Waals surface area contributed by atoms with Gasteiger partial charge in [-0.1, -0.05) is 19.1 Å². The highest BCUT2D eigenvalue weighted by atomic mass is 32.2. The molecular weight excluding hydrogens is 348 g/mol. The first-order chi connectivity index (χ1) is 12.7. The predicted molar refractivity (Wildman–Crippen MR) is 105 cm³/mol. The summed E-state index contributed by atoms with van der Waals surface area (Å²) < 4.78 is 11.1. The van der Waals surface area contributed by atoms with E-state index in [9.17, 15) is 4.79 Å². The number of nitrogens with one attached hydrogen (secondary N) is 1. The Hall–Kier alpha value is -2.34. The normalized spacial score (nSPS) is 18.2. The number of amides is 1. The Morgan fingerprint density at radius 3 is 2.85 bits per heavy atom. The molecule has 4 rings (SSSR count). The van der Waals surface area contributed by atoms with Gasteiger partial charge in [0.15, 0.2) is 11.5 Å². The molecule has 2 heterocycles. The van der Waals surface area contributed by atoms with Crippen molar-refractivity contribution in [3.63, 3.8) is 0 Å². The molecule has 2 aromatic carbocycles. The van der Waals surface area contributed by atoms with Gasteiger partial charge in [0.1, 0.15) is 13.2 Å². The molecule has 0 saturated carbocycles. The lowest BCUT2D eigenvalue weighted by Crippen LogP contribution is -2.40. The van der Waals surface area contributed by atoms with Gasteiger partial charge in [-0.3, -0.25) is 4.79 Å². The zero-order chi connectivity index (χ0) is 17.9. The Kier molecular flexibility index (Phi) is 4.93. The van der Waals surface area contributed by atoms with Crippen LogP contribution in [0.3, 0.4) is 0 Å². The highest BCUT2D eigenvalue weighted by molar-refractivity contribution is 8.00. The third kappa shape index (κ3) is 3.60. The molecule has 2 aliphatic rings. The number of para-hydroxylation sites is 1. The number of benzene rings is 2. The SMILES string of the molecule is CC[C@@H]1CN(CC(=O)Nc2ccc3c(c2)OCCO3)c2ccccc2S1. The number of nitrogens with zero attached hydrogens (tertiary/aromatic N) is 1. The summed E-state index contributed by atoms with van der Waals surface area (Å²) in [5.41, 5.74) is 1.87. The van der Waals surface area contributed by atoms with Crippen LogP contribution < -0.4 is 19.7 Å². The standard InChI is InChI=1S/C20H22N2O3S/c1-2-15-12-22(16-5-3-4-6-19(16)26-15)13-20(23)21-14-7-8-17-18(11-14)25-10-9-24-17/h3-8,11,15H,2,9-10,12-13H2,1H3,(H,21,23)/t15-/m1/s1. The van der Waals surface area contributed by atoms with Crippen LogP contribution in [0.1, 0.15) is 13.3 Å². The fourth-order valence-corrected chi connectivity index (χ4v) is 4.49. The summed E-state index contributed by atoms with van der Waals surface area (Å²) in [6, 6.07) is 13.8. The second kappa shape index (κ2) is 7.50. The molecule has 6 heteroatoms. The van der Waals surface area contributed by atoms with Gasteiger partial charge >= 0.3 is 0 Å². The van der Waals surface area contributed by atoms with Crippen molar-refractivity contribution in [1.82, 2.24) is 0 Å². The molecule has 0 spiro atoms. The van der Waals surface area contributed by atoms with Gasteiger partial charge in [-0.05, 0) is 30.7 Å². The van der Waals surface area contributed by atoms with Crippen molar-refractivity contribution in [2.24, 2.45) is 0 Å². The van der Waals surface area contributed by atoms with Gasteiger partial charge in [0.05, 0.1) is 12.2 Å². The number of carbonyl (C=O) groups is 1. The molecule has 0 fully saturated rings. The van der Waals surface area contributed by atoms with E-state index in [1.807, 2.05) is 36.0 Å². The third-order valence-corrected chi connectivity index (χ3v) is 5.95. The van der Waals surface area contributed by atoms with Crippen molar-refractivity contribution in [2.75, 3.05) is 36.5 Å². The number of rotatable bonds is 4. The topological polar surface area (TPSA) is 50.8 Å². The number of ether oxygens (including phenoxy) is 2. The number of anilines is 2. The van der Waals surface area contributed by atoms with E-state index in [1.165, 1.54) is 4.90 Å². The van der Waals surface area contributed by atoms with Crippen molar-refractivity contribution < 1.29 is 14.3 Å². The van der Waals surface area contributed by atoms with Crippen molar-refractivity contribution in [2.45, 2.75) is 23.5 Å². The second-order valence-electron chi connectivity index (χ2n) is 6.40. The van der Waals surface area contributed by atoms with Gasteiger partial charge in [-0.25, -0.2) is 0 Å². The van der Waals surface area contributed by atoms with E-state index >= 15 is 0 Å². The monoisotopic (exact) mass is 370 g/mol. The molecule has 1 atom stereocenters. The molecule has 0 aromatic heterocycles. The van der Waals surface area contributed by atoms with Crippen molar-refractivity contribution in [3.8, 4) is 11.5 Å². The Morgan fingerprint density at radius 2 is 2.00 bits per heavy atom. The van der Waals surface area contributed by atoms with Gasteiger partial charge in [-0.15, -0.1) is 11.8 Å². The van der Waals surface area contributed by atoms with Gasteiger partial charge in [0.25, 0.3) is 0 Å². The molecule has 1 N–H and O–H groups in total. The van der Waals surface area contributed by atoms with Crippen molar-refractivity contribution >= 4 is 29.0 Å². The summed E-state index contributed by atoms with van der Waals surface area (Å²) in [5.74, 6) is 1.38. The summed E-state index contributed by atoms with van der Waals surface area (Å²) in [4.78, 5) is 16.0. The minimum atomic E-state index is -0.0294. The Bertz CT molecular complexity index is 811. The van der Waals surface area contributed by atoms with E-state index in [0.29, 0.717) is 30.8 Å². The first-order valence-corrected chi connectivity index (χ1v) is 9.81. The van der Waals surface area contributed by atoms with Crippen LogP contribution in [0.25, 0.3) is 0 Å². The minimum absolute atomic E-state index is 0.0294.